The van der Waals surface area contributed by atoms with Crippen molar-refractivity contribution in [3.63, 3.8) is 0 Å². The average molecular weight is 264 g/mol. The SMILES string of the molecule is CCC1NCC(C2CC2)CC1NC(=O)C(F)(F)F. The zero-order valence-corrected chi connectivity index (χ0v) is 10.4. The number of hydrogen-bond donors (Lipinski definition) is 2. The van der Waals surface area contributed by atoms with Gasteiger partial charge in [-0.1, -0.05) is 6.92 Å². The second-order valence-electron chi connectivity index (χ2n) is 5.33. The molecule has 0 aromatic heterocycles. The highest BCUT2D eigenvalue weighted by Gasteiger charge is 2.43. The van der Waals surface area contributed by atoms with E-state index in [1.807, 2.05) is 6.92 Å². The number of carbonyl (C=O) groups excluding carboxylic acids is 1. The standard InChI is InChI=1S/C12H19F3N2O/c1-2-9-10(17-11(18)12(13,14)15)5-8(6-16-9)7-3-4-7/h7-10,16H,2-6H2,1H3,(H,17,18). The lowest BCUT2D eigenvalue weighted by atomic mass is 9.86. The van der Waals surface area contributed by atoms with Gasteiger partial charge in [-0.3, -0.25) is 4.79 Å². The second-order valence-corrected chi connectivity index (χ2v) is 5.33. The van der Waals surface area contributed by atoms with Crippen LogP contribution in [0.3, 0.4) is 0 Å². The van der Waals surface area contributed by atoms with Crippen LogP contribution in [-0.2, 0) is 4.79 Å². The molecule has 3 unspecified atom stereocenters. The molecule has 2 aliphatic rings. The third-order valence-electron chi connectivity index (χ3n) is 3.99. The van der Waals surface area contributed by atoms with Gasteiger partial charge in [-0.15, -0.1) is 0 Å². The zero-order valence-electron chi connectivity index (χ0n) is 10.4. The van der Waals surface area contributed by atoms with E-state index in [0.717, 1.165) is 13.0 Å². The van der Waals surface area contributed by atoms with Gasteiger partial charge in [-0.05, 0) is 44.1 Å². The Labute approximate surface area is 104 Å². The molecule has 2 rings (SSSR count). The number of alkyl halides is 3. The normalized spacial score (nSPS) is 33.2. The zero-order chi connectivity index (χ0) is 13.3. The number of rotatable bonds is 3. The summed E-state index contributed by atoms with van der Waals surface area (Å²) in [5.41, 5.74) is 0. The summed E-state index contributed by atoms with van der Waals surface area (Å²) >= 11 is 0. The van der Waals surface area contributed by atoms with E-state index in [0.29, 0.717) is 18.3 Å². The number of nitrogens with one attached hydrogen (secondary N) is 2. The third-order valence-corrected chi connectivity index (χ3v) is 3.99. The van der Waals surface area contributed by atoms with Crippen LogP contribution in [-0.4, -0.2) is 30.7 Å². The topological polar surface area (TPSA) is 41.1 Å². The summed E-state index contributed by atoms with van der Waals surface area (Å²) in [6.45, 7) is 2.78. The maximum atomic E-state index is 12.3. The molecule has 1 saturated heterocycles. The molecule has 0 radical (unpaired) electrons. The minimum absolute atomic E-state index is 0.0497. The highest BCUT2D eigenvalue weighted by atomic mass is 19.4. The van der Waals surface area contributed by atoms with E-state index in [1.54, 1.807) is 0 Å². The Morgan fingerprint density at radius 2 is 2.00 bits per heavy atom. The predicted molar refractivity (Wildman–Crippen MR) is 60.9 cm³/mol. The van der Waals surface area contributed by atoms with Gasteiger partial charge in [0.2, 0.25) is 0 Å². The lowest BCUT2D eigenvalue weighted by Gasteiger charge is -2.37. The van der Waals surface area contributed by atoms with Crippen molar-refractivity contribution in [3.05, 3.63) is 0 Å². The Hall–Kier alpha value is -0.780. The van der Waals surface area contributed by atoms with Gasteiger partial charge in [-0.25, -0.2) is 0 Å². The van der Waals surface area contributed by atoms with Crippen LogP contribution in [0.15, 0.2) is 0 Å². The largest absolute Gasteiger partial charge is 0.471 e. The van der Waals surface area contributed by atoms with E-state index in [4.69, 9.17) is 0 Å². The van der Waals surface area contributed by atoms with Gasteiger partial charge in [0.15, 0.2) is 0 Å². The van der Waals surface area contributed by atoms with Crippen molar-refractivity contribution >= 4 is 5.91 Å². The second kappa shape index (κ2) is 5.07. The molecule has 6 heteroatoms. The van der Waals surface area contributed by atoms with Crippen molar-refractivity contribution in [2.24, 2.45) is 11.8 Å². The molecule has 3 nitrogen and oxygen atoms in total. The molecule has 2 fully saturated rings. The summed E-state index contributed by atoms with van der Waals surface area (Å²) in [4.78, 5) is 11.0. The highest BCUT2D eigenvalue weighted by Crippen LogP contribution is 2.40. The van der Waals surface area contributed by atoms with Gasteiger partial charge < -0.3 is 10.6 Å². The van der Waals surface area contributed by atoms with Crippen LogP contribution in [0.1, 0.15) is 32.6 Å². The van der Waals surface area contributed by atoms with Crippen LogP contribution in [0.2, 0.25) is 0 Å². The van der Waals surface area contributed by atoms with Crippen LogP contribution in [0.25, 0.3) is 0 Å². The van der Waals surface area contributed by atoms with Crippen molar-refractivity contribution in [1.82, 2.24) is 10.6 Å². The summed E-state index contributed by atoms with van der Waals surface area (Å²) in [5.74, 6) is -0.767. The smallest absolute Gasteiger partial charge is 0.344 e. The third kappa shape index (κ3) is 3.16. The number of carbonyl (C=O) groups is 1. The first kappa shape index (κ1) is 13.6. The Balaban J connectivity index is 1.95. The van der Waals surface area contributed by atoms with E-state index < -0.39 is 18.1 Å². The molecule has 2 N–H and O–H groups in total. The molecule has 0 aromatic rings. The number of amides is 1. The molecule has 1 aliphatic heterocycles. The molecule has 0 spiro atoms. The van der Waals surface area contributed by atoms with Crippen LogP contribution in [0, 0.1) is 11.8 Å². The molecule has 18 heavy (non-hydrogen) atoms. The predicted octanol–water partition coefficient (Wildman–Crippen LogP) is 1.83. The maximum Gasteiger partial charge on any atom is 0.471 e. The number of halogens is 3. The maximum absolute atomic E-state index is 12.3. The van der Waals surface area contributed by atoms with Crippen molar-refractivity contribution in [1.29, 1.82) is 0 Å². The summed E-state index contributed by atoms with van der Waals surface area (Å²) < 4.78 is 36.8. The van der Waals surface area contributed by atoms with Gasteiger partial charge in [0.25, 0.3) is 0 Å². The van der Waals surface area contributed by atoms with Crippen molar-refractivity contribution in [2.45, 2.75) is 50.9 Å². The Morgan fingerprint density at radius 3 is 2.50 bits per heavy atom. The van der Waals surface area contributed by atoms with E-state index in [9.17, 15) is 18.0 Å². The Kier molecular flexibility index (Phi) is 3.84. The molecule has 1 amide bonds. The summed E-state index contributed by atoms with van der Waals surface area (Å²) in [6.07, 6.45) is -1.06. The van der Waals surface area contributed by atoms with Gasteiger partial charge >= 0.3 is 12.1 Å². The first-order valence-electron chi connectivity index (χ1n) is 6.53. The lowest BCUT2D eigenvalue weighted by molar-refractivity contribution is -0.174. The molecule has 0 aromatic carbocycles. The van der Waals surface area contributed by atoms with E-state index in [2.05, 4.69) is 10.6 Å². The quantitative estimate of drug-likeness (QED) is 0.816. The van der Waals surface area contributed by atoms with Crippen LogP contribution in [0.5, 0.6) is 0 Å². The van der Waals surface area contributed by atoms with Crippen LogP contribution >= 0.6 is 0 Å². The van der Waals surface area contributed by atoms with Crippen LogP contribution in [0.4, 0.5) is 13.2 Å². The van der Waals surface area contributed by atoms with Gasteiger partial charge in [0.05, 0.1) is 0 Å². The van der Waals surface area contributed by atoms with Crippen molar-refractivity contribution in [2.75, 3.05) is 6.54 Å². The number of piperidine rings is 1. The van der Waals surface area contributed by atoms with Gasteiger partial charge in [-0.2, -0.15) is 13.2 Å². The van der Waals surface area contributed by atoms with E-state index in [1.165, 1.54) is 12.8 Å². The molecular weight excluding hydrogens is 245 g/mol. The minimum Gasteiger partial charge on any atom is -0.344 e. The fourth-order valence-corrected chi connectivity index (χ4v) is 2.78. The Morgan fingerprint density at radius 1 is 1.33 bits per heavy atom. The minimum atomic E-state index is -4.79. The summed E-state index contributed by atoms with van der Waals surface area (Å²) in [6, 6.07) is -0.449. The molecular formula is C12H19F3N2O. The number of hydrogen-bond acceptors (Lipinski definition) is 2. The van der Waals surface area contributed by atoms with E-state index in [-0.39, 0.29) is 6.04 Å². The highest BCUT2D eigenvalue weighted by molar-refractivity contribution is 5.82. The van der Waals surface area contributed by atoms with Crippen LogP contribution < -0.4 is 10.6 Å². The molecule has 1 aliphatic carbocycles. The molecule has 3 atom stereocenters. The molecule has 1 saturated carbocycles. The van der Waals surface area contributed by atoms with E-state index >= 15 is 0 Å². The molecule has 0 bridgehead atoms. The Bertz CT molecular complexity index is 315. The fourth-order valence-electron chi connectivity index (χ4n) is 2.78. The average Bonchev–Trinajstić information content (AvgIpc) is 3.11. The lowest BCUT2D eigenvalue weighted by Crippen LogP contribution is -2.58. The first-order chi connectivity index (χ1) is 8.41. The monoisotopic (exact) mass is 264 g/mol. The first-order valence-corrected chi connectivity index (χ1v) is 6.53. The fraction of sp³-hybridized carbons (Fsp3) is 0.917. The molecule has 104 valence electrons. The van der Waals surface area contributed by atoms with Gasteiger partial charge in [0.1, 0.15) is 0 Å². The summed E-state index contributed by atoms with van der Waals surface area (Å²) in [5, 5.41) is 5.41. The van der Waals surface area contributed by atoms with Gasteiger partial charge in [0, 0.05) is 12.1 Å². The summed E-state index contributed by atoms with van der Waals surface area (Å²) in [7, 11) is 0. The van der Waals surface area contributed by atoms with Crippen molar-refractivity contribution in [3.8, 4) is 0 Å². The van der Waals surface area contributed by atoms with Crippen molar-refractivity contribution < 1.29 is 18.0 Å². The molecule has 1 heterocycles.